The van der Waals surface area contributed by atoms with E-state index >= 15 is 0 Å². The van der Waals surface area contributed by atoms with Crippen molar-refractivity contribution in [3.05, 3.63) is 22.5 Å². The zero-order chi connectivity index (χ0) is 15.6. The van der Waals surface area contributed by atoms with Crippen molar-refractivity contribution in [1.29, 1.82) is 0 Å². The average Bonchev–Trinajstić information content (AvgIpc) is 3.28. The minimum atomic E-state index is 0.976. The van der Waals surface area contributed by atoms with E-state index in [1.165, 1.54) is 35.5 Å². The van der Waals surface area contributed by atoms with Gasteiger partial charge in [0.1, 0.15) is 16.2 Å². The van der Waals surface area contributed by atoms with Crippen molar-refractivity contribution < 1.29 is 0 Å². The Kier molecular flexibility index (Phi) is 4.61. The van der Waals surface area contributed by atoms with Crippen LogP contribution >= 0.6 is 34.4 Å². The summed E-state index contributed by atoms with van der Waals surface area (Å²) in [6.45, 7) is 5.68. The molecule has 0 unspecified atom stereocenters. The van der Waals surface area contributed by atoms with Crippen molar-refractivity contribution in [3.8, 4) is 10.6 Å². The summed E-state index contributed by atoms with van der Waals surface area (Å²) in [6, 6.07) is 4.16. The first-order valence-electron chi connectivity index (χ1n) is 7.84. The van der Waals surface area contributed by atoms with Gasteiger partial charge in [0, 0.05) is 12.3 Å². The molecule has 0 spiro atoms. The summed E-state index contributed by atoms with van der Waals surface area (Å²) in [5.74, 6) is 1.05. The molecule has 0 aliphatic carbocycles. The summed E-state index contributed by atoms with van der Waals surface area (Å²) in [5, 5.41) is 13.1. The Morgan fingerprint density at radius 1 is 1.26 bits per heavy atom. The molecule has 23 heavy (non-hydrogen) atoms. The van der Waals surface area contributed by atoms with Crippen molar-refractivity contribution in [2.24, 2.45) is 0 Å². The SMILES string of the molecule is Cc1nc2c(SCCN3CCCC3)nnc(-c3cccs3)c2s1. The van der Waals surface area contributed by atoms with Gasteiger partial charge in [-0.25, -0.2) is 4.98 Å². The molecule has 4 nitrogen and oxygen atoms in total. The minimum absolute atomic E-state index is 0.976. The van der Waals surface area contributed by atoms with Gasteiger partial charge in [-0.2, -0.15) is 0 Å². The molecule has 1 aliphatic rings. The van der Waals surface area contributed by atoms with Crippen LogP contribution in [0.3, 0.4) is 0 Å². The Balaban J connectivity index is 1.59. The molecule has 0 amide bonds. The van der Waals surface area contributed by atoms with Gasteiger partial charge in [-0.15, -0.1) is 44.6 Å². The summed E-state index contributed by atoms with van der Waals surface area (Å²) in [4.78, 5) is 8.42. The standard InChI is InChI=1S/C16H18N4S3/c1-11-17-14-15(23-11)13(12-5-4-9-21-12)18-19-16(14)22-10-8-20-6-2-3-7-20/h4-5,9H,2-3,6-8,10H2,1H3. The number of thiophene rings is 1. The number of rotatable bonds is 5. The first-order valence-corrected chi connectivity index (χ1v) is 10.5. The Morgan fingerprint density at radius 3 is 2.91 bits per heavy atom. The molecule has 0 saturated carbocycles. The fraction of sp³-hybridized carbons (Fsp3) is 0.438. The molecule has 0 aromatic carbocycles. The highest BCUT2D eigenvalue weighted by molar-refractivity contribution is 7.99. The number of thioether (sulfide) groups is 1. The highest BCUT2D eigenvalue weighted by atomic mass is 32.2. The molecule has 4 rings (SSSR count). The second-order valence-electron chi connectivity index (χ2n) is 5.64. The highest BCUT2D eigenvalue weighted by Gasteiger charge is 2.17. The third-order valence-corrected chi connectivity index (χ3v) is 6.78. The van der Waals surface area contributed by atoms with E-state index in [9.17, 15) is 0 Å². The molecule has 4 heterocycles. The number of nitrogens with zero attached hydrogens (tertiary/aromatic N) is 4. The third kappa shape index (κ3) is 3.28. The zero-order valence-electron chi connectivity index (χ0n) is 13.0. The summed E-state index contributed by atoms with van der Waals surface area (Å²) >= 11 is 5.21. The summed E-state index contributed by atoms with van der Waals surface area (Å²) in [5.41, 5.74) is 2.00. The first kappa shape index (κ1) is 15.5. The number of likely N-dealkylation sites (tertiary alicyclic amines) is 1. The van der Waals surface area contributed by atoms with Crippen molar-refractivity contribution >= 4 is 44.7 Å². The molecule has 120 valence electrons. The average molecular weight is 363 g/mol. The van der Waals surface area contributed by atoms with Crippen LogP contribution in [-0.2, 0) is 0 Å². The maximum atomic E-state index is 4.72. The molecule has 1 aliphatic heterocycles. The van der Waals surface area contributed by atoms with E-state index in [1.54, 1.807) is 34.4 Å². The monoisotopic (exact) mass is 362 g/mol. The number of fused-ring (bicyclic) bond motifs is 1. The van der Waals surface area contributed by atoms with Crippen molar-refractivity contribution in [3.63, 3.8) is 0 Å². The van der Waals surface area contributed by atoms with Crippen LogP contribution in [0.5, 0.6) is 0 Å². The smallest absolute Gasteiger partial charge is 0.146 e. The quantitative estimate of drug-likeness (QED) is 0.633. The van der Waals surface area contributed by atoms with E-state index in [0.29, 0.717) is 0 Å². The summed E-state index contributed by atoms with van der Waals surface area (Å²) < 4.78 is 1.17. The molecule has 0 atom stereocenters. The molecule has 7 heteroatoms. The Labute approximate surface area is 148 Å². The lowest BCUT2D eigenvalue weighted by Gasteiger charge is -2.13. The van der Waals surface area contributed by atoms with Crippen LogP contribution in [0, 0.1) is 6.92 Å². The molecule has 0 N–H and O–H groups in total. The number of aryl methyl sites for hydroxylation is 1. The second-order valence-corrected chi connectivity index (χ2v) is 8.87. The van der Waals surface area contributed by atoms with Crippen LogP contribution in [0.1, 0.15) is 17.8 Å². The van der Waals surface area contributed by atoms with Gasteiger partial charge in [-0.05, 0) is 44.3 Å². The largest absolute Gasteiger partial charge is 0.303 e. The topological polar surface area (TPSA) is 41.9 Å². The molecule has 3 aromatic heterocycles. The highest BCUT2D eigenvalue weighted by Crippen LogP contribution is 2.36. The van der Waals surface area contributed by atoms with E-state index in [2.05, 4.69) is 39.5 Å². The molecule has 3 aromatic rings. The van der Waals surface area contributed by atoms with Crippen LogP contribution < -0.4 is 0 Å². The van der Waals surface area contributed by atoms with Gasteiger partial charge in [-0.3, -0.25) is 0 Å². The van der Waals surface area contributed by atoms with Crippen LogP contribution in [-0.4, -0.2) is 45.5 Å². The number of hydrogen-bond acceptors (Lipinski definition) is 7. The van der Waals surface area contributed by atoms with E-state index < -0.39 is 0 Å². The van der Waals surface area contributed by atoms with Gasteiger partial charge in [0.25, 0.3) is 0 Å². The van der Waals surface area contributed by atoms with Crippen molar-refractivity contribution in [2.75, 3.05) is 25.4 Å². The van der Waals surface area contributed by atoms with Crippen LogP contribution in [0.2, 0.25) is 0 Å². The molecule has 1 fully saturated rings. The number of thiazole rings is 1. The van der Waals surface area contributed by atoms with Crippen LogP contribution in [0.4, 0.5) is 0 Å². The minimum Gasteiger partial charge on any atom is -0.303 e. The van der Waals surface area contributed by atoms with E-state index in [4.69, 9.17) is 4.98 Å². The van der Waals surface area contributed by atoms with Gasteiger partial charge in [0.15, 0.2) is 0 Å². The molecule has 0 radical (unpaired) electrons. The lowest BCUT2D eigenvalue weighted by Crippen LogP contribution is -2.21. The lowest BCUT2D eigenvalue weighted by atomic mass is 10.3. The van der Waals surface area contributed by atoms with Gasteiger partial charge >= 0.3 is 0 Å². The van der Waals surface area contributed by atoms with Crippen LogP contribution in [0.15, 0.2) is 22.5 Å². The van der Waals surface area contributed by atoms with Gasteiger partial charge < -0.3 is 4.90 Å². The van der Waals surface area contributed by atoms with Gasteiger partial charge in [0.05, 0.1) is 14.6 Å². The van der Waals surface area contributed by atoms with Gasteiger partial charge in [-0.1, -0.05) is 6.07 Å². The van der Waals surface area contributed by atoms with Crippen LogP contribution in [0.25, 0.3) is 20.8 Å². The number of hydrogen-bond donors (Lipinski definition) is 0. The summed E-state index contributed by atoms with van der Waals surface area (Å²) in [7, 11) is 0. The van der Waals surface area contributed by atoms with E-state index in [-0.39, 0.29) is 0 Å². The second kappa shape index (κ2) is 6.84. The predicted molar refractivity (Wildman–Crippen MR) is 99.7 cm³/mol. The molecular formula is C16H18N4S3. The molecule has 1 saturated heterocycles. The number of aromatic nitrogens is 3. The fourth-order valence-corrected chi connectivity index (χ4v) is 5.56. The predicted octanol–water partition coefficient (Wildman–Crippen LogP) is 4.31. The first-order chi connectivity index (χ1) is 11.3. The normalized spacial score (nSPS) is 15.7. The lowest BCUT2D eigenvalue weighted by molar-refractivity contribution is 0.362. The Hall–Kier alpha value is -1.02. The van der Waals surface area contributed by atoms with E-state index in [0.717, 1.165) is 33.5 Å². The summed E-state index contributed by atoms with van der Waals surface area (Å²) in [6.07, 6.45) is 2.69. The third-order valence-electron chi connectivity index (χ3n) is 3.99. The maximum absolute atomic E-state index is 4.72. The van der Waals surface area contributed by atoms with Crippen molar-refractivity contribution in [2.45, 2.75) is 24.8 Å². The Morgan fingerprint density at radius 2 is 2.13 bits per heavy atom. The molecule has 0 bridgehead atoms. The van der Waals surface area contributed by atoms with Crippen molar-refractivity contribution in [1.82, 2.24) is 20.1 Å². The fourth-order valence-electron chi connectivity index (χ4n) is 2.87. The zero-order valence-corrected chi connectivity index (χ0v) is 15.4. The van der Waals surface area contributed by atoms with Gasteiger partial charge in [0.2, 0.25) is 0 Å². The Bertz CT molecular complexity index is 791. The molecular weight excluding hydrogens is 344 g/mol. The maximum Gasteiger partial charge on any atom is 0.146 e. The van der Waals surface area contributed by atoms with E-state index in [1.807, 2.05) is 0 Å².